The Labute approximate surface area is 96.7 Å². The lowest BCUT2D eigenvalue weighted by Crippen LogP contribution is -1.99. The molecule has 1 heterocycles. The molecule has 0 saturated heterocycles. The van der Waals surface area contributed by atoms with Crippen LogP contribution in [-0.4, -0.2) is 12.7 Å². The van der Waals surface area contributed by atoms with Gasteiger partial charge in [-0.05, 0) is 12.1 Å². The maximum atomic E-state index is 13.6. The van der Waals surface area contributed by atoms with Crippen LogP contribution in [0.4, 0.5) is 4.39 Å². The van der Waals surface area contributed by atoms with Crippen LogP contribution in [0.2, 0.25) is 0 Å². The largest absolute Gasteiger partial charge is 0.536 e. The zero-order chi connectivity index (χ0) is 11.8. The van der Waals surface area contributed by atoms with Gasteiger partial charge in [-0.25, -0.2) is 4.39 Å². The van der Waals surface area contributed by atoms with Gasteiger partial charge < -0.3 is 14.1 Å². The molecule has 0 unspecified atom stereocenters. The van der Waals surface area contributed by atoms with Crippen LogP contribution in [0.15, 0.2) is 40.8 Å². The second-order valence-electron chi connectivity index (χ2n) is 3.62. The fourth-order valence-electron chi connectivity index (χ4n) is 1.94. The van der Waals surface area contributed by atoms with Crippen LogP contribution < -0.4 is 4.65 Å². The van der Waals surface area contributed by atoms with Gasteiger partial charge in [0, 0.05) is 10.8 Å². The first-order valence-corrected chi connectivity index (χ1v) is 5.14. The van der Waals surface area contributed by atoms with Crippen molar-refractivity contribution < 1.29 is 18.5 Å². The van der Waals surface area contributed by atoms with Gasteiger partial charge in [-0.2, -0.15) is 0 Å². The third-order valence-electron chi connectivity index (χ3n) is 2.66. The van der Waals surface area contributed by atoms with E-state index in [1.165, 1.54) is 6.07 Å². The molecule has 0 aliphatic rings. The highest BCUT2D eigenvalue weighted by Gasteiger charge is 2.13. The van der Waals surface area contributed by atoms with E-state index in [2.05, 4.69) is 0 Å². The van der Waals surface area contributed by atoms with Gasteiger partial charge in [-0.15, -0.1) is 0 Å². The number of furan rings is 1. The standard InChI is InChI=1S/C12H8BFO3/c14-9-5-1-3-7-8-4-2-6-10(17-13-15)12(8)16-11(7)9/h1-6,13,15H. The lowest BCUT2D eigenvalue weighted by atomic mass is 10.1. The van der Waals surface area contributed by atoms with E-state index in [-0.39, 0.29) is 5.58 Å². The summed E-state index contributed by atoms with van der Waals surface area (Å²) in [7, 11) is -0.446. The molecule has 1 aromatic heterocycles. The Balaban J connectivity index is 2.42. The van der Waals surface area contributed by atoms with Crippen molar-refractivity contribution in [1.82, 2.24) is 0 Å². The topological polar surface area (TPSA) is 42.6 Å². The molecule has 1 N–H and O–H groups in total. The highest BCUT2D eigenvalue weighted by Crippen LogP contribution is 2.35. The monoisotopic (exact) mass is 230 g/mol. The van der Waals surface area contributed by atoms with E-state index in [0.29, 0.717) is 16.7 Å². The smallest absolute Gasteiger partial charge is 0.504 e. The Morgan fingerprint density at radius 2 is 1.76 bits per heavy atom. The summed E-state index contributed by atoms with van der Waals surface area (Å²) in [4.78, 5) is 0. The first-order valence-electron chi connectivity index (χ1n) is 5.14. The van der Waals surface area contributed by atoms with Crippen LogP contribution in [-0.2, 0) is 0 Å². The normalized spacial score (nSPS) is 10.9. The molecule has 5 heteroatoms. The Morgan fingerprint density at radius 3 is 2.53 bits per heavy atom. The Bertz CT molecular complexity index is 693. The summed E-state index contributed by atoms with van der Waals surface area (Å²) in [6.07, 6.45) is 0. The average Bonchev–Trinajstić information content (AvgIpc) is 2.71. The van der Waals surface area contributed by atoms with Gasteiger partial charge >= 0.3 is 7.69 Å². The predicted octanol–water partition coefficient (Wildman–Crippen LogP) is 2.36. The molecule has 17 heavy (non-hydrogen) atoms. The van der Waals surface area contributed by atoms with Crippen molar-refractivity contribution in [2.75, 3.05) is 0 Å². The molecule has 0 bridgehead atoms. The highest BCUT2D eigenvalue weighted by atomic mass is 19.1. The summed E-state index contributed by atoms with van der Waals surface area (Å²) in [6.45, 7) is 0. The minimum Gasteiger partial charge on any atom is -0.536 e. The van der Waals surface area contributed by atoms with E-state index in [0.717, 1.165) is 5.39 Å². The molecule has 3 rings (SSSR count). The summed E-state index contributed by atoms with van der Waals surface area (Å²) in [5.74, 6) is -0.00533. The van der Waals surface area contributed by atoms with Crippen LogP contribution in [0.1, 0.15) is 0 Å². The number of hydrogen-bond acceptors (Lipinski definition) is 3. The molecule has 84 valence electrons. The molecule has 2 aromatic carbocycles. The van der Waals surface area contributed by atoms with Crippen LogP contribution in [0.5, 0.6) is 5.75 Å². The molecule has 3 aromatic rings. The number of fused-ring (bicyclic) bond motifs is 3. The molecule has 0 amide bonds. The number of hydrogen-bond donors (Lipinski definition) is 1. The molecule has 0 spiro atoms. The minimum absolute atomic E-state index is 0.205. The molecule has 0 saturated carbocycles. The second-order valence-corrected chi connectivity index (χ2v) is 3.62. The Kier molecular flexibility index (Phi) is 2.26. The first kappa shape index (κ1) is 10.2. The van der Waals surface area contributed by atoms with Crippen molar-refractivity contribution in [2.45, 2.75) is 0 Å². The number of para-hydroxylation sites is 2. The molecule has 3 nitrogen and oxygen atoms in total. The fraction of sp³-hybridized carbons (Fsp3) is 0. The summed E-state index contributed by atoms with van der Waals surface area (Å²) >= 11 is 0. The van der Waals surface area contributed by atoms with E-state index in [1.54, 1.807) is 24.3 Å². The summed E-state index contributed by atoms with van der Waals surface area (Å²) < 4.78 is 24.0. The van der Waals surface area contributed by atoms with E-state index >= 15 is 0 Å². The van der Waals surface area contributed by atoms with E-state index in [4.69, 9.17) is 14.1 Å². The summed E-state index contributed by atoms with van der Waals surface area (Å²) in [5, 5.41) is 10.2. The molecular weight excluding hydrogens is 222 g/mol. The molecule has 0 radical (unpaired) electrons. The van der Waals surface area contributed by atoms with Gasteiger partial charge in [-0.3, -0.25) is 0 Å². The van der Waals surface area contributed by atoms with Crippen molar-refractivity contribution in [3.8, 4) is 5.75 Å². The van der Waals surface area contributed by atoms with Gasteiger partial charge in [0.25, 0.3) is 0 Å². The molecule has 0 aliphatic heterocycles. The van der Waals surface area contributed by atoms with E-state index < -0.39 is 13.5 Å². The van der Waals surface area contributed by atoms with Gasteiger partial charge in [-0.1, -0.05) is 24.3 Å². The van der Waals surface area contributed by atoms with Crippen molar-refractivity contribution in [1.29, 1.82) is 0 Å². The van der Waals surface area contributed by atoms with Crippen molar-refractivity contribution in [3.63, 3.8) is 0 Å². The minimum atomic E-state index is -0.446. The highest BCUT2D eigenvalue weighted by molar-refractivity contribution is 6.18. The third-order valence-corrected chi connectivity index (χ3v) is 2.66. The number of rotatable bonds is 2. The zero-order valence-electron chi connectivity index (χ0n) is 8.81. The molecule has 0 fully saturated rings. The van der Waals surface area contributed by atoms with Crippen LogP contribution in [0.25, 0.3) is 21.9 Å². The number of benzene rings is 2. The average molecular weight is 230 g/mol. The predicted molar refractivity (Wildman–Crippen MR) is 63.7 cm³/mol. The van der Waals surface area contributed by atoms with Crippen LogP contribution >= 0.6 is 0 Å². The fourth-order valence-corrected chi connectivity index (χ4v) is 1.94. The Hall–Kier alpha value is -2.01. The first-order chi connectivity index (χ1) is 8.31. The van der Waals surface area contributed by atoms with Gasteiger partial charge in [0.15, 0.2) is 17.0 Å². The van der Waals surface area contributed by atoms with E-state index in [1.807, 2.05) is 6.07 Å². The zero-order valence-corrected chi connectivity index (χ0v) is 8.81. The molecular formula is C12H8BFO3. The van der Waals surface area contributed by atoms with Crippen LogP contribution in [0.3, 0.4) is 0 Å². The van der Waals surface area contributed by atoms with Gasteiger partial charge in [0.2, 0.25) is 0 Å². The lowest BCUT2D eigenvalue weighted by molar-refractivity contribution is 0.450. The van der Waals surface area contributed by atoms with Crippen molar-refractivity contribution >= 4 is 29.6 Å². The maximum Gasteiger partial charge on any atom is 0.504 e. The summed E-state index contributed by atoms with van der Waals surface area (Å²) in [5.41, 5.74) is 0.651. The van der Waals surface area contributed by atoms with Crippen molar-refractivity contribution in [3.05, 3.63) is 42.2 Å². The quantitative estimate of drug-likeness (QED) is 0.687. The molecule has 0 aliphatic carbocycles. The van der Waals surface area contributed by atoms with Crippen LogP contribution in [0, 0.1) is 5.82 Å². The molecule has 0 atom stereocenters. The SMILES string of the molecule is OBOc1cccc2c1oc1c(F)cccc12. The third kappa shape index (κ3) is 1.47. The maximum absolute atomic E-state index is 13.6. The Morgan fingerprint density at radius 1 is 1.06 bits per heavy atom. The lowest BCUT2D eigenvalue weighted by Gasteiger charge is -2.00. The van der Waals surface area contributed by atoms with Gasteiger partial charge in [0.05, 0.1) is 0 Å². The van der Waals surface area contributed by atoms with Gasteiger partial charge in [0.1, 0.15) is 5.75 Å². The van der Waals surface area contributed by atoms with Crippen molar-refractivity contribution in [2.24, 2.45) is 0 Å². The summed E-state index contributed by atoms with van der Waals surface area (Å²) in [6, 6.07) is 10.0. The van der Waals surface area contributed by atoms with E-state index in [9.17, 15) is 4.39 Å². The second kappa shape index (κ2) is 3.78. The number of halogens is 1.